The predicted molar refractivity (Wildman–Crippen MR) is 230 cm³/mol. The van der Waals surface area contributed by atoms with Crippen LogP contribution in [0.25, 0.3) is 22.2 Å². The number of fused-ring (bicyclic) bond motifs is 3. The van der Waals surface area contributed by atoms with E-state index in [2.05, 4.69) is 21.6 Å². The molecule has 3 aliphatic rings. The number of carbonyl (C=O) groups excluding carboxylic acids is 3. The van der Waals surface area contributed by atoms with E-state index in [4.69, 9.17) is 11.6 Å². The zero-order chi connectivity index (χ0) is 39.4. The van der Waals surface area contributed by atoms with Crippen molar-refractivity contribution in [2.24, 2.45) is 7.05 Å². The monoisotopic (exact) mass is 816 g/mol. The first-order valence-electron chi connectivity index (χ1n) is 19.7. The Morgan fingerprint density at radius 2 is 1.60 bits per heavy atom. The highest BCUT2D eigenvalue weighted by Gasteiger charge is 2.36. The number of hydrogen-bond donors (Lipinski definition) is 1. The summed E-state index contributed by atoms with van der Waals surface area (Å²) in [6.45, 7) is 3.47. The van der Waals surface area contributed by atoms with Crippen molar-refractivity contribution in [3.05, 3.63) is 136 Å². The lowest BCUT2D eigenvalue weighted by Gasteiger charge is -2.41. The molecule has 9 rings (SSSR count). The van der Waals surface area contributed by atoms with Crippen LogP contribution in [0.2, 0.25) is 5.02 Å². The van der Waals surface area contributed by atoms with Gasteiger partial charge in [-0.05, 0) is 110 Å². The molecule has 12 heteroatoms. The molecule has 5 heterocycles. The van der Waals surface area contributed by atoms with Crippen molar-refractivity contribution in [3.8, 4) is 17.0 Å². The van der Waals surface area contributed by atoms with Crippen molar-refractivity contribution in [1.29, 1.82) is 0 Å². The molecule has 58 heavy (non-hydrogen) atoms. The van der Waals surface area contributed by atoms with Gasteiger partial charge >= 0.3 is 0 Å². The second-order valence-electron chi connectivity index (χ2n) is 15.6. The van der Waals surface area contributed by atoms with E-state index >= 15 is 9.59 Å². The van der Waals surface area contributed by atoms with Crippen LogP contribution in [-0.4, -0.2) is 85.9 Å². The number of phenols is 1. The van der Waals surface area contributed by atoms with E-state index in [0.29, 0.717) is 78.7 Å². The molecular weight excluding hydrogens is 771 g/mol. The average molecular weight is 818 g/mol. The molecule has 0 spiro atoms. The highest BCUT2D eigenvalue weighted by Crippen LogP contribution is 2.39. The van der Waals surface area contributed by atoms with Crippen LogP contribution in [0.4, 0.5) is 11.4 Å². The van der Waals surface area contributed by atoms with Gasteiger partial charge in [0.25, 0.3) is 11.8 Å². The number of hydrogen-bond acceptors (Lipinski definition) is 5. The molecular formula is C46H46Cl2N6O4. The summed E-state index contributed by atoms with van der Waals surface area (Å²) in [4.78, 5) is 50.5. The summed E-state index contributed by atoms with van der Waals surface area (Å²) >= 11 is 6.76. The molecule has 3 amide bonds. The number of aromatic hydroxyl groups is 1. The van der Waals surface area contributed by atoms with E-state index in [1.807, 2.05) is 84.4 Å². The Bertz CT molecular complexity index is 2550. The number of piperazine rings is 1. The fraction of sp³-hybridized carbons (Fsp3) is 0.283. The molecule has 3 aliphatic heterocycles. The lowest BCUT2D eigenvalue weighted by Crippen LogP contribution is -2.55. The summed E-state index contributed by atoms with van der Waals surface area (Å²) < 4.78 is 4.25. The SMILES string of the molecule is CN1CCN(C[C@@H]2Cc3ccccc3CN2C(=O)c2ccc(Cl)cc2-c2cc(C(=O)N(c3ccc(O)cc3)c3ccc4c(ccn4C)c3)c3n2CCCC3)CC1=O.Cl. The van der Waals surface area contributed by atoms with Crippen LogP contribution in [-0.2, 0) is 37.8 Å². The molecule has 0 saturated carbocycles. The number of phenolic OH excluding ortho intramolecular Hbond substituents is 1. The third kappa shape index (κ3) is 7.25. The van der Waals surface area contributed by atoms with Crippen molar-refractivity contribution in [3.63, 3.8) is 0 Å². The van der Waals surface area contributed by atoms with E-state index in [0.717, 1.165) is 47.2 Å². The molecule has 0 aliphatic carbocycles. The number of nitrogens with zero attached hydrogens (tertiary/aromatic N) is 6. The van der Waals surface area contributed by atoms with Crippen LogP contribution < -0.4 is 4.90 Å². The smallest absolute Gasteiger partial charge is 0.264 e. The van der Waals surface area contributed by atoms with Gasteiger partial charge < -0.3 is 24.0 Å². The van der Waals surface area contributed by atoms with Gasteiger partial charge in [-0.2, -0.15) is 0 Å². The van der Waals surface area contributed by atoms with Crippen molar-refractivity contribution in [2.45, 2.75) is 44.8 Å². The molecule has 298 valence electrons. The normalized spacial score (nSPS) is 16.8. The molecule has 2 aromatic heterocycles. The number of anilines is 2. The van der Waals surface area contributed by atoms with Gasteiger partial charge in [0, 0.05) is 109 Å². The zero-order valence-corrected chi connectivity index (χ0v) is 34.2. The first-order valence-corrected chi connectivity index (χ1v) is 20.1. The van der Waals surface area contributed by atoms with Crippen molar-refractivity contribution < 1.29 is 19.5 Å². The Morgan fingerprint density at radius 1 is 0.828 bits per heavy atom. The number of aromatic nitrogens is 2. The van der Waals surface area contributed by atoms with Crippen molar-refractivity contribution in [1.82, 2.24) is 23.8 Å². The molecule has 10 nitrogen and oxygen atoms in total. The minimum Gasteiger partial charge on any atom is -0.508 e. The number of halogens is 2. The molecule has 1 saturated heterocycles. The molecule has 1 fully saturated rings. The van der Waals surface area contributed by atoms with E-state index in [1.165, 1.54) is 5.56 Å². The highest BCUT2D eigenvalue weighted by molar-refractivity contribution is 6.31. The van der Waals surface area contributed by atoms with Gasteiger partial charge in [-0.3, -0.25) is 24.2 Å². The Balaban J connectivity index is 0.00000469. The largest absolute Gasteiger partial charge is 0.508 e. The second kappa shape index (κ2) is 16.0. The summed E-state index contributed by atoms with van der Waals surface area (Å²) in [5.41, 5.74) is 8.19. The standard InChI is InChI=1S/C46H45ClN6O4.ClH/c1-48-20-18-31-24-35(13-17-41(31)48)53(34-11-14-37(54)15-12-34)46(57)40-26-43(51-19-6-5-9-42(40)51)39-25-33(47)10-16-38(39)45(56)52-27-32-8-4-3-7-30(32)23-36(52)28-50-22-21-49(2)44(55)29-50;/h3-4,7-8,10-18,20,24-26,36,54H,5-6,9,19,21-23,27-29H2,1-2H3;1H/t36-;/m0./s1. The van der Waals surface area contributed by atoms with E-state index in [1.54, 1.807) is 40.1 Å². The molecule has 4 aromatic carbocycles. The van der Waals surface area contributed by atoms with Crippen LogP contribution in [0.1, 0.15) is 50.4 Å². The first-order chi connectivity index (χ1) is 27.6. The van der Waals surface area contributed by atoms with Gasteiger partial charge in [0.2, 0.25) is 5.91 Å². The lowest BCUT2D eigenvalue weighted by molar-refractivity contribution is -0.134. The van der Waals surface area contributed by atoms with Crippen LogP contribution >= 0.6 is 24.0 Å². The summed E-state index contributed by atoms with van der Waals surface area (Å²) in [6, 6.07) is 30.2. The van der Waals surface area contributed by atoms with Crippen molar-refractivity contribution >= 4 is 64.0 Å². The molecule has 0 radical (unpaired) electrons. The maximum atomic E-state index is 15.1. The quantitative estimate of drug-likeness (QED) is 0.176. The maximum absolute atomic E-state index is 15.1. The number of amides is 3. The lowest BCUT2D eigenvalue weighted by atomic mass is 9.92. The van der Waals surface area contributed by atoms with Crippen LogP contribution in [0, 0.1) is 0 Å². The van der Waals surface area contributed by atoms with E-state index < -0.39 is 0 Å². The summed E-state index contributed by atoms with van der Waals surface area (Å²) in [7, 11) is 3.83. The highest BCUT2D eigenvalue weighted by atomic mass is 35.5. The molecule has 1 N–H and O–H groups in total. The van der Waals surface area contributed by atoms with Crippen molar-refractivity contribution in [2.75, 3.05) is 38.1 Å². The van der Waals surface area contributed by atoms with Gasteiger partial charge in [0.1, 0.15) is 5.75 Å². The minimum absolute atomic E-state index is 0. The predicted octanol–water partition coefficient (Wildman–Crippen LogP) is 8.08. The topological polar surface area (TPSA) is 94.3 Å². The number of likely N-dealkylation sites (N-methyl/N-ethyl adjacent to an activating group) is 1. The first kappa shape index (κ1) is 39.3. The fourth-order valence-corrected chi connectivity index (χ4v) is 9.09. The Kier molecular flexibility index (Phi) is 10.8. The molecule has 0 bridgehead atoms. The van der Waals surface area contributed by atoms with Crippen LogP contribution in [0.3, 0.4) is 0 Å². The number of carbonyl (C=O) groups is 3. The average Bonchev–Trinajstić information content (AvgIpc) is 3.79. The van der Waals surface area contributed by atoms with E-state index in [-0.39, 0.29) is 41.9 Å². The molecule has 0 unspecified atom stereocenters. The Morgan fingerprint density at radius 3 is 2.40 bits per heavy atom. The van der Waals surface area contributed by atoms with Crippen LogP contribution in [0.5, 0.6) is 5.75 Å². The van der Waals surface area contributed by atoms with Gasteiger partial charge in [-0.1, -0.05) is 35.9 Å². The van der Waals surface area contributed by atoms with Gasteiger partial charge in [-0.25, -0.2) is 0 Å². The third-order valence-electron chi connectivity index (χ3n) is 12.0. The zero-order valence-electron chi connectivity index (χ0n) is 32.6. The Hall–Kier alpha value is -5.55. The maximum Gasteiger partial charge on any atom is 0.264 e. The van der Waals surface area contributed by atoms with E-state index in [9.17, 15) is 9.90 Å². The number of aryl methyl sites for hydroxylation is 1. The second-order valence-corrected chi connectivity index (χ2v) is 16.1. The van der Waals surface area contributed by atoms with Gasteiger partial charge in [-0.15, -0.1) is 12.4 Å². The fourth-order valence-electron chi connectivity index (χ4n) is 8.92. The number of benzene rings is 4. The van der Waals surface area contributed by atoms with Gasteiger partial charge in [0.15, 0.2) is 0 Å². The number of rotatable bonds is 7. The summed E-state index contributed by atoms with van der Waals surface area (Å²) in [5.74, 6) is -0.106. The minimum atomic E-state index is -0.197. The molecule has 1 atom stereocenters. The van der Waals surface area contributed by atoms with Crippen LogP contribution in [0.15, 0.2) is 103 Å². The molecule has 6 aromatic rings. The third-order valence-corrected chi connectivity index (χ3v) is 12.3. The van der Waals surface area contributed by atoms with Gasteiger partial charge in [0.05, 0.1) is 12.1 Å². The summed E-state index contributed by atoms with van der Waals surface area (Å²) in [6.07, 6.45) is 5.27. The summed E-state index contributed by atoms with van der Waals surface area (Å²) in [5, 5.41) is 11.7. The Labute approximate surface area is 349 Å².